The van der Waals surface area contributed by atoms with Gasteiger partial charge in [-0.15, -0.1) is 0 Å². The Balaban J connectivity index is 3.18. The summed E-state index contributed by atoms with van der Waals surface area (Å²) in [5.41, 5.74) is 3.25. The highest BCUT2D eigenvalue weighted by Gasteiger charge is 2.17. The summed E-state index contributed by atoms with van der Waals surface area (Å²) in [5.74, 6) is 0.823. The predicted molar refractivity (Wildman–Crippen MR) is 84.0 cm³/mol. The van der Waals surface area contributed by atoms with Gasteiger partial charge in [0, 0.05) is 23.6 Å². The van der Waals surface area contributed by atoms with Crippen molar-refractivity contribution in [3.8, 4) is 11.5 Å². The molecule has 0 saturated heterocycles. The minimum atomic E-state index is -0.379. The maximum absolute atomic E-state index is 11.0. The first-order valence-electron chi connectivity index (χ1n) is 7.10. The summed E-state index contributed by atoms with van der Waals surface area (Å²) in [5, 5.41) is 9.59. The lowest BCUT2D eigenvalue weighted by molar-refractivity contribution is -0.142. The molecule has 1 aromatic carbocycles. The van der Waals surface area contributed by atoms with Crippen molar-refractivity contribution in [3.63, 3.8) is 0 Å². The van der Waals surface area contributed by atoms with Crippen LogP contribution in [0.25, 0.3) is 0 Å². The molecule has 0 bridgehead atoms. The zero-order valence-electron chi connectivity index (χ0n) is 13.9. The zero-order valence-corrected chi connectivity index (χ0v) is 13.9. The van der Waals surface area contributed by atoms with Gasteiger partial charge in [0.15, 0.2) is 0 Å². The standard InChI is InChI=1S/C17H24O5/c1-11(2)6-7-21-16-8-14(10-22-13(4)19)15(9-18)17(20-5)12(16)3/h6,8,18H,7,9-10H2,1-5H3. The second-order valence-corrected chi connectivity index (χ2v) is 5.20. The molecule has 0 fully saturated rings. The van der Waals surface area contributed by atoms with Crippen LogP contribution >= 0.6 is 0 Å². The summed E-state index contributed by atoms with van der Waals surface area (Å²) in [6.45, 7) is 7.52. The van der Waals surface area contributed by atoms with Crippen molar-refractivity contribution < 1.29 is 24.1 Å². The van der Waals surface area contributed by atoms with Gasteiger partial charge in [0.25, 0.3) is 0 Å². The molecule has 0 aromatic heterocycles. The Bertz CT molecular complexity index is 557. The van der Waals surface area contributed by atoms with Crippen molar-refractivity contribution in [2.75, 3.05) is 13.7 Å². The maximum atomic E-state index is 11.0. The first-order valence-corrected chi connectivity index (χ1v) is 7.10. The number of methoxy groups -OCH3 is 1. The molecule has 22 heavy (non-hydrogen) atoms. The average molecular weight is 308 g/mol. The summed E-state index contributed by atoms with van der Waals surface area (Å²) < 4.78 is 16.2. The van der Waals surface area contributed by atoms with Crippen LogP contribution in [0.1, 0.15) is 37.5 Å². The molecule has 0 aliphatic carbocycles. The number of benzene rings is 1. The molecule has 122 valence electrons. The van der Waals surface area contributed by atoms with E-state index in [0.717, 1.165) is 11.1 Å². The highest BCUT2D eigenvalue weighted by atomic mass is 16.5. The Kier molecular flexibility index (Phi) is 6.92. The van der Waals surface area contributed by atoms with Gasteiger partial charge in [-0.25, -0.2) is 0 Å². The number of esters is 1. The van der Waals surface area contributed by atoms with Crippen molar-refractivity contribution in [1.82, 2.24) is 0 Å². The number of carbonyl (C=O) groups is 1. The third-order valence-electron chi connectivity index (χ3n) is 3.20. The fraction of sp³-hybridized carbons (Fsp3) is 0.471. The highest BCUT2D eigenvalue weighted by Crippen LogP contribution is 2.35. The number of hydrogen-bond donors (Lipinski definition) is 1. The third kappa shape index (κ3) is 4.77. The van der Waals surface area contributed by atoms with Gasteiger partial charge in [0.2, 0.25) is 0 Å². The Morgan fingerprint density at radius 3 is 2.50 bits per heavy atom. The lowest BCUT2D eigenvalue weighted by Gasteiger charge is -2.18. The number of carbonyl (C=O) groups excluding carboxylic acids is 1. The smallest absolute Gasteiger partial charge is 0.302 e. The topological polar surface area (TPSA) is 65.0 Å². The molecule has 0 aliphatic heterocycles. The molecular weight excluding hydrogens is 284 g/mol. The van der Waals surface area contributed by atoms with E-state index in [1.165, 1.54) is 14.0 Å². The van der Waals surface area contributed by atoms with Gasteiger partial charge < -0.3 is 19.3 Å². The van der Waals surface area contributed by atoms with E-state index < -0.39 is 0 Å². The second kappa shape index (κ2) is 8.44. The molecule has 1 N–H and O–H groups in total. The van der Waals surface area contributed by atoms with E-state index in [2.05, 4.69) is 0 Å². The fourth-order valence-corrected chi connectivity index (χ4v) is 2.04. The van der Waals surface area contributed by atoms with Gasteiger partial charge in [-0.2, -0.15) is 0 Å². The van der Waals surface area contributed by atoms with Crippen LogP contribution in [0.5, 0.6) is 11.5 Å². The van der Waals surface area contributed by atoms with Gasteiger partial charge in [-0.3, -0.25) is 4.79 Å². The molecule has 0 unspecified atom stereocenters. The van der Waals surface area contributed by atoms with Crippen molar-refractivity contribution in [2.45, 2.75) is 40.9 Å². The first-order chi connectivity index (χ1) is 10.4. The normalized spacial score (nSPS) is 10.1. The van der Waals surface area contributed by atoms with Gasteiger partial charge in [-0.05, 0) is 32.9 Å². The van der Waals surface area contributed by atoms with E-state index in [4.69, 9.17) is 14.2 Å². The Morgan fingerprint density at radius 2 is 2.00 bits per heavy atom. The van der Waals surface area contributed by atoms with Crippen molar-refractivity contribution in [1.29, 1.82) is 0 Å². The van der Waals surface area contributed by atoms with Gasteiger partial charge >= 0.3 is 5.97 Å². The van der Waals surface area contributed by atoms with E-state index >= 15 is 0 Å². The fourth-order valence-electron chi connectivity index (χ4n) is 2.04. The Hall–Kier alpha value is -2.01. The van der Waals surface area contributed by atoms with Crippen LogP contribution in [0.15, 0.2) is 17.7 Å². The Morgan fingerprint density at radius 1 is 1.32 bits per heavy atom. The molecule has 1 rings (SSSR count). The maximum Gasteiger partial charge on any atom is 0.302 e. The first kappa shape index (κ1) is 18.0. The van der Waals surface area contributed by atoms with Crippen LogP contribution in [0.3, 0.4) is 0 Å². The van der Waals surface area contributed by atoms with Crippen molar-refractivity contribution in [3.05, 3.63) is 34.4 Å². The summed E-state index contributed by atoms with van der Waals surface area (Å²) in [6.07, 6.45) is 1.97. The summed E-state index contributed by atoms with van der Waals surface area (Å²) in [6, 6.07) is 1.78. The molecular formula is C17H24O5. The van der Waals surface area contributed by atoms with Gasteiger partial charge in [0.1, 0.15) is 24.7 Å². The van der Waals surface area contributed by atoms with Gasteiger partial charge in [0.05, 0.1) is 13.7 Å². The lowest BCUT2D eigenvalue weighted by atomic mass is 10.0. The largest absolute Gasteiger partial charge is 0.496 e. The van der Waals surface area contributed by atoms with E-state index in [1.54, 1.807) is 6.07 Å². The van der Waals surface area contributed by atoms with Crippen LogP contribution < -0.4 is 9.47 Å². The van der Waals surface area contributed by atoms with E-state index in [-0.39, 0.29) is 19.2 Å². The molecule has 5 nitrogen and oxygen atoms in total. The number of ether oxygens (including phenoxy) is 3. The monoisotopic (exact) mass is 308 g/mol. The third-order valence-corrected chi connectivity index (χ3v) is 3.20. The minimum Gasteiger partial charge on any atom is -0.496 e. The molecule has 0 amide bonds. The number of allylic oxidation sites excluding steroid dienone is 1. The minimum absolute atomic E-state index is 0.0703. The van der Waals surface area contributed by atoms with E-state index in [0.29, 0.717) is 29.2 Å². The molecule has 5 heteroatoms. The SMILES string of the molecule is COc1c(C)c(OCC=C(C)C)cc(COC(C)=O)c1CO. The molecule has 0 saturated carbocycles. The molecule has 0 radical (unpaired) electrons. The molecule has 0 spiro atoms. The molecule has 0 aliphatic rings. The highest BCUT2D eigenvalue weighted by molar-refractivity contribution is 5.66. The quantitative estimate of drug-likeness (QED) is 0.620. The molecule has 0 heterocycles. The number of aliphatic hydroxyl groups excluding tert-OH is 1. The summed E-state index contributed by atoms with van der Waals surface area (Å²) in [7, 11) is 1.54. The van der Waals surface area contributed by atoms with E-state index in [1.807, 2.05) is 26.8 Å². The average Bonchev–Trinajstić information content (AvgIpc) is 2.46. The van der Waals surface area contributed by atoms with Crippen LogP contribution in [0, 0.1) is 6.92 Å². The van der Waals surface area contributed by atoms with Crippen molar-refractivity contribution in [2.24, 2.45) is 0 Å². The molecule has 0 atom stereocenters. The number of rotatable bonds is 7. The van der Waals surface area contributed by atoms with Crippen LogP contribution in [0.4, 0.5) is 0 Å². The Labute approximate surface area is 131 Å². The predicted octanol–water partition coefficient (Wildman–Crippen LogP) is 2.90. The second-order valence-electron chi connectivity index (χ2n) is 5.20. The van der Waals surface area contributed by atoms with Crippen LogP contribution in [0.2, 0.25) is 0 Å². The number of hydrogen-bond acceptors (Lipinski definition) is 5. The lowest BCUT2D eigenvalue weighted by Crippen LogP contribution is -2.07. The zero-order chi connectivity index (χ0) is 16.7. The van der Waals surface area contributed by atoms with Crippen molar-refractivity contribution >= 4 is 5.97 Å². The van der Waals surface area contributed by atoms with E-state index in [9.17, 15) is 9.90 Å². The summed E-state index contributed by atoms with van der Waals surface area (Å²) >= 11 is 0. The summed E-state index contributed by atoms with van der Waals surface area (Å²) in [4.78, 5) is 11.0. The van der Waals surface area contributed by atoms with Crippen LogP contribution in [-0.2, 0) is 22.7 Å². The van der Waals surface area contributed by atoms with Crippen LogP contribution in [-0.4, -0.2) is 24.8 Å². The molecule has 1 aromatic rings. The van der Waals surface area contributed by atoms with Gasteiger partial charge in [-0.1, -0.05) is 5.57 Å². The number of aliphatic hydroxyl groups is 1.